The Bertz CT molecular complexity index is 408. The lowest BCUT2D eigenvalue weighted by Gasteiger charge is -1.88. The molecule has 0 aliphatic carbocycles. The third-order valence-corrected chi connectivity index (χ3v) is 2.15. The van der Waals surface area contributed by atoms with Crippen LogP contribution in [0.2, 0.25) is 5.02 Å². The number of halogens is 1. The van der Waals surface area contributed by atoms with E-state index in [2.05, 4.69) is 5.10 Å². The van der Waals surface area contributed by atoms with Crippen molar-refractivity contribution in [1.29, 1.82) is 0 Å². The van der Waals surface area contributed by atoms with Crippen LogP contribution in [0, 0.1) is 0 Å². The second-order valence-electron chi connectivity index (χ2n) is 2.50. The van der Waals surface area contributed by atoms with Gasteiger partial charge in [0.2, 0.25) is 0 Å². The molecule has 0 saturated carbocycles. The van der Waals surface area contributed by atoms with Crippen LogP contribution in [0.15, 0.2) is 24.4 Å². The van der Waals surface area contributed by atoms with E-state index >= 15 is 0 Å². The summed E-state index contributed by atoms with van der Waals surface area (Å²) in [5, 5.41) is 4.84. The van der Waals surface area contributed by atoms with E-state index < -0.39 is 0 Å². The van der Waals surface area contributed by atoms with Gasteiger partial charge in [0.25, 0.3) is 0 Å². The van der Waals surface area contributed by atoms with Gasteiger partial charge in [-0.1, -0.05) is 17.7 Å². The first-order valence-corrected chi connectivity index (χ1v) is 4.02. The summed E-state index contributed by atoms with van der Waals surface area (Å²) in [5.74, 6) is 0. The Morgan fingerprint density at radius 3 is 3.00 bits per heavy atom. The van der Waals surface area contributed by atoms with Gasteiger partial charge in [0.05, 0.1) is 16.2 Å². The van der Waals surface area contributed by atoms with Gasteiger partial charge < -0.3 is 5.73 Å². The molecule has 12 heavy (non-hydrogen) atoms. The average Bonchev–Trinajstić information content (AvgIpc) is 2.44. The number of rotatable bonds is 1. The van der Waals surface area contributed by atoms with Crippen molar-refractivity contribution in [2.45, 2.75) is 6.54 Å². The minimum Gasteiger partial charge on any atom is -0.325 e. The highest BCUT2D eigenvalue weighted by atomic mass is 35.5. The van der Waals surface area contributed by atoms with E-state index in [1.807, 2.05) is 24.4 Å². The monoisotopic (exact) mass is 181 g/mol. The quantitative estimate of drug-likeness (QED) is 0.724. The summed E-state index contributed by atoms with van der Waals surface area (Å²) in [7, 11) is 0. The number of hydrogen-bond donors (Lipinski definition) is 1. The predicted octanol–water partition coefficient (Wildman–Crippen LogP) is 1.45. The number of nitrogens with zero attached hydrogens (tertiary/aromatic N) is 2. The fraction of sp³-hybridized carbons (Fsp3) is 0.125. The zero-order valence-electron chi connectivity index (χ0n) is 6.37. The lowest BCUT2D eigenvalue weighted by atomic mass is 10.3. The van der Waals surface area contributed by atoms with Crippen LogP contribution in [0.5, 0.6) is 0 Å². The first-order chi connectivity index (χ1) is 5.83. The van der Waals surface area contributed by atoms with Crippen molar-refractivity contribution in [3.05, 3.63) is 35.1 Å². The molecule has 0 unspecified atom stereocenters. The molecule has 2 N–H and O–H groups in total. The third-order valence-electron chi connectivity index (χ3n) is 1.74. The van der Waals surface area contributed by atoms with E-state index in [9.17, 15) is 0 Å². The largest absolute Gasteiger partial charge is 0.325 e. The summed E-state index contributed by atoms with van der Waals surface area (Å²) in [6.45, 7) is 0.376. The second-order valence-corrected chi connectivity index (χ2v) is 2.87. The normalized spacial score (nSPS) is 10.8. The predicted molar refractivity (Wildman–Crippen MR) is 48.1 cm³/mol. The topological polar surface area (TPSA) is 43.3 Å². The van der Waals surface area contributed by atoms with E-state index in [1.54, 1.807) is 4.52 Å². The summed E-state index contributed by atoms with van der Waals surface area (Å²) in [6, 6.07) is 5.73. The Balaban J connectivity index is 2.78. The smallest absolute Gasteiger partial charge is 0.0957 e. The van der Waals surface area contributed by atoms with E-state index in [0.29, 0.717) is 11.6 Å². The summed E-state index contributed by atoms with van der Waals surface area (Å²) in [4.78, 5) is 0. The SMILES string of the molecule is NCc1nn2ccccc2c1Cl. The molecule has 0 saturated heterocycles. The van der Waals surface area contributed by atoms with Crippen LogP contribution >= 0.6 is 11.6 Å². The maximum Gasteiger partial charge on any atom is 0.0957 e. The van der Waals surface area contributed by atoms with Crippen LogP contribution < -0.4 is 5.73 Å². The number of nitrogens with two attached hydrogens (primary N) is 1. The fourth-order valence-corrected chi connectivity index (χ4v) is 1.41. The van der Waals surface area contributed by atoms with Gasteiger partial charge in [-0.25, -0.2) is 4.52 Å². The summed E-state index contributed by atoms with van der Waals surface area (Å²) >= 11 is 5.99. The maximum absolute atomic E-state index is 5.99. The first-order valence-electron chi connectivity index (χ1n) is 3.64. The molecule has 3 nitrogen and oxygen atoms in total. The van der Waals surface area contributed by atoms with Crippen molar-refractivity contribution < 1.29 is 0 Å². The third kappa shape index (κ3) is 0.983. The molecule has 2 rings (SSSR count). The van der Waals surface area contributed by atoms with E-state index in [4.69, 9.17) is 17.3 Å². The summed E-state index contributed by atoms with van der Waals surface area (Å²) in [5.41, 5.74) is 7.10. The minimum atomic E-state index is 0.376. The molecule has 0 aliphatic rings. The Morgan fingerprint density at radius 2 is 2.33 bits per heavy atom. The fourth-order valence-electron chi connectivity index (χ4n) is 1.15. The van der Waals surface area contributed by atoms with E-state index in [1.165, 1.54) is 0 Å². The van der Waals surface area contributed by atoms with Crippen molar-refractivity contribution in [2.24, 2.45) is 5.73 Å². The van der Waals surface area contributed by atoms with Crippen molar-refractivity contribution in [2.75, 3.05) is 0 Å². The number of hydrogen-bond acceptors (Lipinski definition) is 2. The standard InChI is InChI=1S/C8H8ClN3/c9-8-6(5-10)11-12-4-2-1-3-7(8)12/h1-4H,5,10H2. The van der Waals surface area contributed by atoms with Crippen LogP contribution in [-0.4, -0.2) is 9.61 Å². The van der Waals surface area contributed by atoms with Gasteiger partial charge in [-0.05, 0) is 12.1 Å². The Kier molecular flexibility index (Phi) is 1.75. The molecular formula is C8H8ClN3. The molecule has 0 amide bonds. The molecule has 0 atom stereocenters. The highest BCUT2D eigenvalue weighted by Gasteiger charge is 2.06. The van der Waals surface area contributed by atoms with Crippen LogP contribution in [0.1, 0.15) is 5.69 Å². The average molecular weight is 182 g/mol. The molecule has 0 aromatic carbocycles. The summed E-state index contributed by atoms with van der Waals surface area (Å²) < 4.78 is 1.73. The van der Waals surface area contributed by atoms with Crippen LogP contribution in [0.4, 0.5) is 0 Å². The second kappa shape index (κ2) is 2.77. The zero-order valence-corrected chi connectivity index (χ0v) is 7.12. The van der Waals surface area contributed by atoms with Gasteiger partial charge in [0.15, 0.2) is 0 Å². The van der Waals surface area contributed by atoms with Crippen molar-refractivity contribution in [1.82, 2.24) is 9.61 Å². The highest BCUT2D eigenvalue weighted by Crippen LogP contribution is 2.20. The lowest BCUT2D eigenvalue weighted by molar-refractivity contribution is 0.884. The number of aromatic nitrogens is 2. The van der Waals surface area contributed by atoms with Gasteiger partial charge in [-0.3, -0.25) is 0 Å². The molecule has 2 aromatic heterocycles. The van der Waals surface area contributed by atoms with Crippen molar-refractivity contribution >= 4 is 17.1 Å². The molecule has 0 spiro atoms. The Labute approximate surface area is 74.7 Å². The van der Waals surface area contributed by atoms with Crippen LogP contribution in [0.25, 0.3) is 5.52 Å². The number of fused-ring (bicyclic) bond motifs is 1. The maximum atomic E-state index is 5.99. The van der Waals surface area contributed by atoms with Crippen molar-refractivity contribution in [3.63, 3.8) is 0 Å². The molecule has 0 fully saturated rings. The minimum absolute atomic E-state index is 0.376. The van der Waals surface area contributed by atoms with E-state index in [0.717, 1.165) is 11.2 Å². The van der Waals surface area contributed by atoms with Gasteiger partial charge >= 0.3 is 0 Å². The first kappa shape index (κ1) is 7.58. The molecule has 4 heteroatoms. The van der Waals surface area contributed by atoms with E-state index in [-0.39, 0.29) is 0 Å². The zero-order chi connectivity index (χ0) is 8.55. The molecular weight excluding hydrogens is 174 g/mol. The number of pyridine rings is 1. The molecule has 2 heterocycles. The van der Waals surface area contributed by atoms with Gasteiger partial charge in [-0.15, -0.1) is 0 Å². The van der Waals surface area contributed by atoms with Gasteiger partial charge in [0, 0.05) is 12.7 Å². The molecule has 0 bridgehead atoms. The highest BCUT2D eigenvalue weighted by molar-refractivity contribution is 6.34. The van der Waals surface area contributed by atoms with Gasteiger partial charge in [-0.2, -0.15) is 5.10 Å². The molecule has 2 aromatic rings. The van der Waals surface area contributed by atoms with Crippen molar-refractivity contribution in [3.8, 4) is 0 Å². The Morgan fingerprint density at radius 1 is 1.50 bits per heavy atom. The Hall–Kier alpha value is -1.06. The van der Waals surface area contributed by atoms with Crippen LogP contribution in [-0.2, 0) is 6.54 Å². The van der Waals surface area contributed by atoms with Crippen LogP contribution in [0.3, 0.4) is 0 Å². The molecule has 0 aliphatic heterocycles. The molecule has 0 radical (unpaired) electrons. The lowest BCUT2D eigenvalue weighted by Crippen LogP contribution is -1.97. The van der Waals surface area contributed by atoms with Gasteiger partial charge in [0.1, 0.15) is 0 Å². The summed E-state index contributed by atoms with van der Waals surface area (Å²) in [6.07, 6.45) is 1.85. The molecule has 62 valence electrons.